The topological polar surface area (TPSA) is 42.4 Å². The van der Waals surface area contributed by atoms with Gasteiger partial charge in [-0.15, -0.1) is 11.3 Å². The zero-order valence-electron chi connectivity index (χ0n) is 11.7. The maximum Gasteiger partial charge on any atom is 0.124 e. The van der Waals surface area contributed by atoms with E-state index >= 15 is 0 Å². The van der Waals surface area contributed by atoms with Crippen molar-refractivity contribution >= 4 is 11.3 Å². The molecule has 1 aromatic carbocycles. The van der Waals surface area contributed by atoms with Crippen LogP contribution in [0.25, 0.3) is 10.6 Å². The quantitative estimate of drug-likeness (QED) is 0.925. The molecule has 4 heteroatoms. The monoisotopic (exact) mass is 277 g/mol. The predicted molar refractivity (Wildman–Crippen MR) is 78.7 cm³/mol. The normalized spacial score (nSPS) is 11.6. The number of thiazole rings is 1. The van der Waals surface area contributed by atoms with Gasteiger partial charge in [0.05, 0.1) is 22.8 Å². The molecule has 0 radical (unpaired) electrons. The van der Waals surface area contributed by atoms with Crippen molar-refractivity contribution in [3.63, 3.8) is 0 Å². The van der Waals surface area contributed by atoms with Crippen molar-refractivity contribution in [1.29, 1.82) is 0 Å². The molecule has 0 saturated heterocycles. The molecule has 0 bridgehead atoms. The summed E-state index contributed by atoms with van der Waals surface area (Å²) in [6, 6.07) is 7.88. The third-order valence-corrected chi connectivity index (χ3v) is 4.26. The smallest absolute Gasteiger partial charge is 0.124 e. The Morgan fingerprint density at radius 2 is 2.11 bits per heavy atom. The second kappa shape index (κ2) is 5.31. The molecule has 0 aliphatic carbocycles. The highest BCUT2D eigenvalue weighted by Gasteiger charge is 2.23. The van der Waals surface area contributed by atoms with Gasteiger partial charge in [-0.3, -0.25) is 0 Å². The minimum Gasteiger partial charge on any atom is -0.494 e. The van der Waals surface area contributed by atoms with Crippen molar-refractivity contribution in [3.8, 4) is 16.3 Å². The van der Waals surface area contributed by atoms with Crippen LogP contribution in [0, 0.1) is 6.92 Å². The van der Waals surface area contributed by atoms with Gasteiger partial charge in [-0.2, -0.15) is 0 Å². The Labute approximate surface area is 117 Å². The van der Waals surface area contributed by atoms with Gasteiger partial charge in [0.2, 0.25) is 0 Å². The minimum absolute atomic E-state index is 0.648. The Balaban J connectivity index is 2.40. The number of nitrogens with zero attached hydrogens (tertiary/aromatic N) is 1. The molecule has 2 rings (SSSR count). The van der Waals surface area contributed by atoms with Crippen molar-refractivity contribution < 1.29 is 9.84 Å². The molecule has 0 amide bonds. The van der Waals surface area contributed by atoms with E-state index in [1.54, 1.807) is 13.8 Å². The molecule has 102 valence electrons. The van der Waals surface area contributed by atoms with E-state index in [2.05, 4.69) is 4.98 Å². The zero-order valence-corrected chi connectivity index (χ0v) is 12.5. The van der Waals surface area contributed by atoms with Crippen LogP contribution in [-0.4, -0.2) is 16.7 Å². The summed E-state index contributed by atoms with van der Waals surface area (Å²) in [5.41, 5.74) is 1.06. The molecular weight excluding hydrogens is 258 g/mol. The fraction of sp³-hybridized carbons (Fsp3) is 0.400. The average Bonchev–Trinajstić information content (AvgIpc) is 2.72. The van der Waals surface area contributed by atoms with E-state index in [1.807, 2.05) is 38.1 Å². The summed E-state index contributed by atoms with van der Waals surface area (Å²) in [5, 5.41) is 11.0. The zero-order chi connectivity index (χ0) is 14.0. The Morgan fingerprint density at radius 1 is 1.37 bits per heavy atom. The number of hydrogen-bond acceptors (Lipinski definition) is 4. The van der Waals surface area contributed by atoms with Gasteiger partial charge >= 0.3 is 0 Å². The second-order valence-corrected chi connectivity index (χ2v) is 5.95. The summed E-state index contributed by atoms with van der Waals surface area (Å²) in [5.74, 6) is 0.845. The largest absolute Gasteiger partial charge is 0.494 e. The Bertz CT molecular complexity index is 570. The van der Waals surface area contributed by atoms with E-state index < -0.39 is 5.60 Å². The molecule has 0 spiro atoms. The molecular formula is C15H19NO2S. The van der Waals surface area contributed by atoms with E-state index in [0.717, 1.165) is 26.9 Å². The van der Waals surface area contributed by atoms with Crippen LogP contribution in [0.15, 0.2) is 24.3 Å². The standard InChI is InChI=1S/C15H19NO2S/c1-5-18-12-8-6-7-11(9-12)14-16-10(2)13(19-14)15(3,4)17/h6-9,17H,5H2,1-4H3. The van der Waals surface area contributed by atoms with Gasteiger partial charge in [0.15, 0.2) is 0 Å². The third-order valence-electron chi connectivity index (χ3n) is 2.74. The predicted octanol–water partition coefficient (Wildman–Crippen LogP) is 3.74. The Hall–Kier alpha value is -1.39. The molecule has 0 atom stereocenters. The van der Waals surface area contributed by atoms with Gasteiger partial charge in [-0.1, -0.05) is 12.1 Å². The van der Waals surface area contributed by atoms with Crippen LogP contribution in [0.3, 0.4) is 0 Å². The first-order chi connectivity index (χ1) is 8.91. The maximum atomic E-state index is 10.1. The Morgan fingerprint density at radius 3 is 2.68 bits per heavy atom. The molecule has 0 aliphatic heterocycles. The van der Waals surface area contributed by atoms with E-state index in [-0.39, 0.29) is 0 Å². The second-order valence-electron chi connectivity index (χ2n) is 4.95. The molecule has 19 heavy (non-hydrogen) atoms. The summed E-state index contributed by atoms with van der Waals surface area (Å²) in [7, 11) is 0. The highest BCUT2D eigenvalue weighted by atomic mass is 32.1. The van der Waals surface area contributed by atoms with E-state index in [0.29, 0.717) is 6.61 Å². The first kappa shape index (κ1) is 14.0. The van der Waals surface area contributed by atoms with Crippen molar-refractivity contribution in [1.82, 2.24) is 4.98 Å². The van der Waals surface area contributed by atoms with Crippen LogP contribution in [0.1, 0.15) is 31.3 Å². The van der Waals surface area contributed by atoms with Crippen molar-refractivity contribution in [2.45, 2.75) is 33.3 Å². The summed E-state index contributed by atoms with van der Waals surface area (Å²) >= 11 is 1.53. The maximum absolute atomic E-state index is 10.1. The molecule has 0 fully saturated rings. The average molecular weight is 277 g/mol. The third kappa shape index (κ3) is 3.14. The van der Waals surface area contributed by atoms with Gasteiger partial charge in [0.1, 0.15) is 10.8 Å². The summed E-state index contributed by atoms with van der Waals surface area (Å²) in [4.78, 5) is 5.46. The van der Waals surface area contributed by atoms with Crippen molar-refractivity contribution in [2.75, 3.05) is 6.61 Å². The lowest BCUT2D eigenvalue weighted by Crippen LogP contribution is -2.14. The summed E-state index contributed by atoms with van der Waals surface area (Å²) in [6.07, 6.45) is 0. The number of rotatable bonds is 4. The first-order valence-corrected chi connectivity index (χ1v) is 7.17. The lowest BCUT2D eigenvalue weighted by Gasteiger charge is -2.14. The van der Waals surface area contributed by atoms with Crippen LogP contribution in [0.5, 0.6) is 5.75 Å². The minimum atomic E-state index is -0.850. The van der Waals surface area contributed by atoms with Crippen LogP contribution in [0.4, 0.5) is 0 Å². The van der Waals surface area contributed by atoms with Crippen molar-refractivity contribution in [2.24, 2.45) is 0 Å². The Kier molecular flexibility index (Phi) is 3.92. The fourth-order valence-corrected chi connectivity index (χ4v) is 3.04. The van der Waals surface area contributed by atoms with Crippen LogP contribution >= 0.6 is 11.3 Å². The van der Waals surface area contributed by atoms with E-state index in [9.17, 15) is 5.11 Å². The van der Waals surface area contributed by atoms with Gasteiger partial charge in [-0.25, -0.2) is 4.98 Å². The number of aromatic nitrogens is 1. The first-order valence-electron chi connectivity index (χ1n) is 6.35. The highest BCUT2D eigenvalue weighted by Crippen LogP contribution is 2.35. The molecule has 2 aromatic rings. The number of aliphatic hydroxyl groups is 1. The van der Waals surface area contributed by atoms with Gasteiger partial charge in [0.25, 0.3) is 0 Å². The molecule has 3 nitrogen and oxygen atoms in total. The summed E-state index contributed by atoms with van der Waals surface area (Å²) in [6.45, 7) is 8.11. The number of benzene rings is 1. The van der Waals surface area contributed by atoms with Crippen molar-refractivity contribution in [3.05, 3.63) is 34.8 Å². The van der Waals surface area contributed by atoms with Crippen LogP contribution in [-0.2, 0) is 5.60 Å². The summed E-state index contributed by atoms with van der Waals surface area (Å²) < 4.78 is 5.50. The van der Waals surface area contributed by atoms with E-state index in [1.165, 1.54) is 11.3 Å². The molecule has 0 unspecified atom stereocenters. The number of ether oxygens (including phenoxy) is 1. The molecule has 0 saturated carbocycles. The lowest BCUT2D eigenvalue weighted by molar-refractivity contribution is 0.0817. The fourth-order valence-electron chi connectivity index (χ4n) is 1.97. The number of aryl methyl sites for hydroxylation is 1. The van der Waals surface area contributed by atoms with Crippen LogP contribution in [0.2, 0.25) is 0 Å². The molecule has 0 aliphatic rings. The van der Waals surface area contributed by atoms with Gasteiger partial charge in [-0.05, 0) is 39.8 Å². The lowest BCUT2D eigenvalue weighted by atomic mass is 10.1. The SMILES string of the molecule is CCOc1cccc(-c2nc(C)c(C(C)(C)O)s2)c1. The van der Waals surface area contributed by atoms with Gasteiger partial charge < -0.3 is 9.84 Å². The van der Waals surface area contributed by atoms with E-state index in [4.69, 9.17) is 4.74 Å². The molecule has 1 aromatic heterocycles. The number of hydrogen-bond donors (Lipinski definition) is 1. The highest BCUT2D eigenvalue weighted by molar-refractivity contribution is 7.15. The van der Waals surface area contributed by atoms with Gasteiger partial charge in [0, 0.05) is 5.56 Å². The van der Waals surface area contributed by atoms with Crippen LogP contribution < -0.4 is 4.74 Å². The molecule has 1 heterocycles. The molecule has 1 N–H and O–H groups in total.